The van der Waals surface area contributed by atoms with Crippen LogP contribution in [0.25, 0.3) is 0 Å². The second kappa shape index (κ2) is 17.8. The molecule has 32 heavy (non-hydrogen) atoms. The third-order valence-electron chi connectivity index (χ3n) is 5.33. The Labute approximate surface area is 192 Å². The highest BCUT2D eigenvalue weighted by molar-refractivity contribution is 7.91. The average molecular weight is 477 g/mol. The van der Waals surface area contributed by atoms with E-state index in [1.807, 2.05) is 0 Å². The van der Waals surface area contributed by atoms with Crippen LogP contribution < -0.4 is 0 Å². The summed E-state index contributed by atoms with van der Waals surface area (Å²) >= 11 is 0. The van der Waals surface area contributed by atoms with Crippen molar-refractivity contribution < 1.29 is 32.9 Å². The zero-order valence-corrected chi connectivity index (χ0v) is 20.3. The molecule has 0 fully saturated rings. The Balaban J connectivity index is 0.000000995. The number of sulfone groups is 1. The number of carboxylic acids is 1. The summed E-state index contributed by atoms with van der Waals surface area (Å²) in [4.78, 5) is 10.4. The van der Waals surface area contributed by atoms with Crippen LogP contribution in [-0.2, 0) is 14.6 Å². The summed E-state index contributed by atoms with van der Waals surface area (Å²) in [6.07, 6.45) is 11.1. The van der Waals surface area contributed by atoms with Crippen molar-refractivity contribution in [3.63, 3.8) is 0 Å². The highest BCUT2D eigenvalue weighted by Crippen LogP contribution is 2.19. The highest BCUT2D eigenvalue weighted by atomic mass is 32.2. The molecule has 0 heterocycles. The standard InChI is InChI=1S/C18H36O5S.C6H5FO/c1-3-4-7-11-16(19)12-10-14-17(24(2,22)23)13-8-5-6-9-15-18(20)21;7-5-3-1-2-4-6(5)8/h16-17,19H,3-15H2,1-2H3,(H,20,21);1-4,8H. The summed E-state index contributed by atoms with van der Waals surface area (Å²) in [7, 11) is -3.07. The number of aliphatic hydroxyl groups is 1. The predicted molar refractivity (Wildman–Crippen MR) is 126 cm³/mol. The van der Waals surface area contributed by atoms with Gasteiger partial charge in [-0.3, -0.25) is 4.79 Å². The van der Waals surface area contributed by atoms with E-state index in [1.54, 1.807) is 6.07 Å². The zero-order chi connectivity index (χ0) is 24.4. The number of unbranched alkanes of at least 4 members (excludes halogenated alkanes) is 5. The van der Waals surface area contributed by atoms with Gasteiger partial charge in [-0.15, -0.1) is 0 Å². The van der Waals surface area contributed by atoms with Crippen LogP contribution in [0.5, 0.6) is 5.75 Å². The van der Waals surface area contributed by atoms with Crippen LogP contribution in [0, 0.1) is 5.82 Å². The number of phenols is 1. The summed E-state index contributed by atoms with van der Waals surface area (Å²) < 4.78 is 35.8. The lowest BCUT2D eigenvalue weighted by atomic mass is 10.0. The Morgan fingerprint density at radius 1 is 0.938 bits per heavy atom. The van der Waals surface area contributed by atoms with Crippen LogP contribution in [0.4, 0.5) is 4.39 Å². The van der Waals surface area contributed by atoms with Crippen LogP contribution in [0.3, 0.4) is 0 Å². The van der Waals surface area contributed by atoms with E-state index >= 15 is 0 Å². The van der Waals surface area contributed by atoms with Gasteiger partial charge < -0.3 is 15.3 Å². The fraction of sp³-hybridized carbons (Fsp3) is 0.708. The van der Waals surface area contributed by atoms with E-state index in [0.29, 0.717) is 25.7 Å². The van der Waals surface area contributed by atoms with Gasteiger partial charge in [0.05, 0.1) is 11.4 Å². The van der Waals surface area contributed by atoms with Crippen LogP contribution >= 0.6 is 0 Å². The van der Waals surface area contributed by atoms with Crippen molar-refractivity contribution in [1.29, 1.82) is 0 Å². The van der Waals surface area contributed by atoms with Gasteiger partial charge in [0.1, 0.15) is 9.84 Å². The molecule has 0 aliphatic heterocycles. The molecule has 186 valence electrons. The molecule has 2 unspecified atom stereocenters. The molecule has 0 aliphatic rings. The third-order valence-corrected chi connectivity index (χ3v) is 7.01. The summed E-state index contributed by atoms with van der Waals surface area (Å²) in [5.74, 6) is -1.65. The minimum absolute atomic E-state index is 0.186. The third kappa shape index (κ3) is 17.0. The highest BCUT2D eigenvalue weighted by Gasteiger charge is 2.20. The molecule has 2 atom stereocenters. The number of aliphatic hydroxyl groups excluding tert-OH is 1. The van der Waals surface area contributed by atoms with Crippen molar-refractivity contribution in [2.24, 2.45) is 0 Å². The van der Waals surface area contributed by atoms with Gasteiger partial charge in [0.25, 0.3) is 0 Å². The summed E-state index contributed by atoms with van der Waals surface area (Å²) in [5, 5.41) is 26.7. The quantitative estimate of drug-likeness (QED) is 0.273. The topological polar surface area (TPSA) is 112 Å². The van der Waals surface area contributed by atoms with Crippen LogP contribution in [-0.4, -0.2) is 47.3 Å². The number of phenolic OH excluding ortho intramolecular Hbond substituents is 1. The van der Waals surface area contributed by atoms with Crippen molar-refractivity contribution in [2.45, 2.75) is 102 Å². The second-order valence-corrected chi connectivity index (χ2v) is 10.7. The molecular weight excluding hydrogens is 435 g/mol. The maximum absolute atomic E-state index is 12.1. The lowest BCUT2D eigenvalue weighted by molar-refractivity contribution is -0.137. The normalized spacial score (nSPS) is 13.1. The molecule has 1 rings (SSSR count). The maximum atomic E-state index is 12.1. The number of aromatic hydroxyl groups is 1. The molecule has 0 spiro atoms. The Kier molecular flexibility index (Phi) is 16.9. The number of halogens is 1. The van der Waals surface area contributed by atoms with Crippen LogP contribution in [0.1, 0.15) is 90.4 Å². The van der Waals surface area contributed by atoms with Crippen molar-refractivity contribution in [3.05, 3.63) is 30.1 Å². The number of hydrogen-bond donors (Lipinski definition) is 3. The Hall–Kier alpha value is -1.67. The molecule has 8 heteroatoms. The first kappa shape index (κ1) is 30.3. The van der Waals surface area contributed by atoms with Crippen LogP contribution in [0.2, 0.25) is 0 Å². The van der Waals surface area contributed by atoms with E-state index in [1.165, 1.54) is 24.5 Å². The lowest BCUT2D eigenvalue weighted by Gasteiger charge is -2.16. The molecule has 0 bridgehead atoms. The number of rotatable bonds is 16. The molecule has 1 aromatic rings. The van der Waals surface area contributed by atoms with Gasteiger partial charge in [-0.25, -0.2) is 12.8 Å². The molecule has 0 aromatic heterocycles. The molecule has 3 N–H and O–H groups in total. The van der Waals surface area contributed by atoms with Crippen molar-refractivity contribution in [3.8, 4) is 5.75 Å². The van der Waals surface area contributed by atoms with E-state index in [2.05, 4.69) is 6.92 Å². The molecule has 6 nitrogen and oxygen atoms in total. The van der Waals surface area contributed by atoms with Crippen molar-refractivity contribution in [1.82, 2.24) is 0 Å². The first-order valence-corrected chi connectivity index (χ1v) is 13.6. The Morgan fingerprint density at radius 2 is 1.50 bits per heavy atom. The fourth-order valence-electron chi connectivity index (χ4n) is 3.38. The number of hydrogen-bond acceptors (Lipinski definition) is 5. The monoisotopic (exact) mass is 476 g/mol. The summed E-state index contributed by atoms with van der Waals surface area (Å²) in [6, 6.07) is 5.60. The maximum Gasteiger partial charge on any atom is 0.303 e. The minimum Gasteiger partial charge on any atom is -0.505 e. The molecule has 0 amide bonds. The van der Waals surface area contributed by atoms with E-state index in [4.69, 9.17) is 10.2 Å². The predicted octanol–water partition coefficient (Wildman–Crippen LogP) is 5.47. The molecule has 0 aliphatic carbocycles. The minimum atomic E-state index is -3.07. The molecule has 1 aromatic carbocycles. The number of benzene rings is 1. The van der Waals surface area contributed by atoms with Crippen molar-refractivity contribution in [2.75, 3.05) is 6.26 Å². The molecular formula is C24H41FO6S. The van der Waals surface area contributed by atoms with Crippen LogP contribution in [0.15, 0.2) is 24.3 Å². The van der Waals surface area contributed by atoms with E-state index in [9.17, 15) is 22.7 Å². The van der Waals surface area contributed by atoms with Gasteiger partial charge in [-0.05, 0) is 50.7 Å². The first-order valence-electron chi connectivity index (χ1n) is 11.6. The summed E-state index contributed by atoms with van der Waals surface area (Å²) in [6.45, 7) is 2.13. The van der Waals surface area contributed by atoms with Gasteiger partial charge in [0.15, 0.2) is 11.6 Å². The van der Waals surface area contributed by atoms with Gasteiger partial charge in [-0.1, -0.05) is 57.6 Å². The van der Waals surface area contributed by atoms with Gasteiger partial charge in [0.2, 0.25) is 0 Å². The number of para-hydroxylation sites is 1. The number of carbonyl (C=O) groups is 1. The van der Waals surface area contributed by atoms with E-state index in [0.717, 1.165) is 51.4 Å². The van der Waals surface area contributed by atoms with Gasteiger partial charge in [-0.2, -0.15) is 0 Å². The first-order chi connectivity index (χ1) is 15.1. The average Bonchev–Trinajstić information content (AvgIpc) is 2.71. The largest absolute Gasteiger partial charge is 0.505 e. The smallest absolute Gasteiger partial charge is 0.303 e. The Morgan fingerprint density at radius 3 is 2.03 bits per heavy atom. The summed E-state index contributed by atoms with van der Waals surface area (Å²) in [5.41, 5.74) is 0. The Bertz CT molecular complexity index is 702. The zero-order valence-electron chi connectivity index (χ0n) is 19.5. The number of aliphatic carboxylic acids is 1. The van der Waals surface area contributed by atoms with E-state index < -0.39 is 21.6 Å². The lowest BCUT2D eigenvalue weighted by Crippen LogP contribution is -2.20. The molecule has 0 radical (unpaired) electrons. The fourth-order valence-corrected chi connectivity index (χ4v) is 4.57. The molecule has 0 saturated carbocycles. The van der Waals surface area contributed by atoms with Gasteiger partial charge in [0, 0.05) is 12.7 Å². The van der Waals surface area contributed by atoms with Crippen molar-refractivity contribution >= 4 is 15.8 Å². The second-order valence-electron chi connectivity index (χ2n) is 8.33. The molecule has 0 saturated heterocycles. The van der Waals surface area contributed by atoms with E-state index in [-0.39, 0.29) is 23.5 Å². The SMILES string of the molecule is CCCCCC(O)CCCC(CCCCCCC(=O)O)S(C)(=O)=O.Oc1ccccc1F. The number of carboxylic acid groups (broad SMARTS) is 1. The van der Waals surface area contributed by atoms with Gasteiger partial charge >= 0.3 is 5.97 Å².